The Morgan fingerprint density at radius 3 is 2.57 bits per heavy atom. The van der Waals surface area contributed by atoms with E-state index >= 15 is 0 Å². The van der Waals surface area contributed by atoms with Crippen molar-refractivity contribution in [3.63, 3.8) is 0 Å². The number of nitrogens with two attached hydrogens (primary N) is 1. The number of nitrogens with zero attached hydrogens (tertiary/aromatic N) is 2. The minimum absolute atomic E-state index is 0.379. The van der Waals surface area contributed by atoms with Crippen LogP contribution in [-0.4, -0.2) is 12.0 Å². The second kappa shape index (κ2) is 6.92. The molecule has 3 nitrogen and oxygen atoms in total. The molecule has 0 spiro atoms. The van der Waals surface area contributed by atoms with Gasteiger partial charge in [0.1, 0.15) is 5.82 Å². The minimum atomic E-state index is 0.379. The van der Waals surface area contributed by atoms with Gasteiger partial charge >= 0.3 is 0 Å². The Balaban J connectivity index is 2.28. The van der Waals surface area contributed by atoms with Crippen LogP contribution in [0.4, 0.5) is 5.82 Å². The van der Waals surface area contributed by atoms with Crippen LogP contribution in [0.5, 0.6) is 0 Å². The highest BCUT2D eigenvalue weighted by molar-refractivity contribution is 6.31. The van der Waals surface area contributed by atoms with Gasteiger partial charge in [0.05, 0.1) is 0 Å². The maximum absolute atomic E-state index is 6.23. The van der Waals surface area contributed by atoms with Crippen molar-refractivity contribution in [2.45, 2.75) is 32.9 Å². The van der Waals surface area contributed by atoms with E-state index in [4.69, 9.17) is 22.3 Å². The van der Waals surface area contributed by atoms with Crippen LogP contribution in [0.15, 0.2) is 36.4 Å². The van der Waals surface area contributed by atoms with Gasteiger partial charge in [-0.05, 0) is 35.2 Å². The maximum atomic E-state index is 6.23. The number of benzene rings is 1. The van der Waals surface area contributed by atoms with Crippen molar-refractivity contribution in [3.05, 3.63) is 58.2 Å². The quantitative estimate of drug-likeness (QED) is 0.909. The monoisotopic (exact) mass is 303 g/mol. The Kier molecular flexibility index (Phi) is 5.21. The van der Waals surface area contributed by atoms with Gasteiger partial charge in [0.25, 0.3) is 0 Å². The van der Waals surface area contributed by atoms with E-state index in [-0.39, 0.29) is 0 Å². The van der Waals surface area contributed by atoms with Gasteiger partial charge in [0.2, 0.25) is 0 Å². The largest absolute Gasteiger partial charge is 0.355 e. The van der Waals surface area contributed by atoms with E-state index in [1.807, 2.05) is 37.4 Å². The number of halogens is 1. The summed E-state index contributed by atoms with van der Waals surface area (Å²) < 4.78 is 0. The molecule has 4 heteroatoms. The summed E-state index contributed by atoms with van der Waals surface area (Å²) in [7, 11) is 2.02. The van der Waals surface area contributed by atoms with Crippen molar-refractivity contribution in [2.24, 2.45) is 5.73 Å². The van der Waals surface area contributed by atoms with Gasteiger partial charge in [-0.15, -0.1) is 0 Å². The topological polar surface area (TPSA) is 42.1 Å². The van der Waals surface area contributed by atoms with Crippen molar-refractivity contribution in [3.8, 4) is 0 Å². The lowest BCUT2D eigenvalue weighted by Crippen LogP contribution is -2.19. The van der Waals surface area contributed by atoms with Crippen LogP contribution in [-0.2, 0) is 13.1 Å². The summed E-state index contributed by atoms with van der Waals surface area (Å²) in [4.78, 5) is 6.84. The fourth-order valence-electron chi connectivity index (χ4n) is 2.17. The first kappa shape index (κ1) is 15.8. The third kappa shape index (κ3) is 3.96. The molecule has 1 aromatic carbocycles. The number of anilines is 1. The zero-order chi connectivity index (χ0) is 15.4. The van der Waals surface area contributed by atoms with Crippen molar-refractivity contribution in [1.29, 1.82) is 0 Å². The molecule has 2 N–H and O–H groups in total. The highest BCUT2D eigenvalue weighted by Gasteiger charge is 2.10. The normalized spacial score (nSPS) is 11.0. The van der Waals surface area contributed by atoms with Crippen LogP contribution in [0, 0.1) is 0 Å². The molecule has 0 radical (unpaired) electrons. The van der Waals surface area contributed by atoms with E-state index in [1.165, 1.54) is 0 Å². The Morgan fingerprint density at radius 1 is 1.24 bits per heavy atom. The average molecular weight is 304 g/mol. The van der Waals surface area contributed by atoms with Crippen LogP contribution in [0.2, 0.25) is 5.02 Å². The van der Waals surface area contributed by atoms with Crippen molar-refractivity contribution >= 4 is 17.4 Å². The Bertz CT molecular complexity index is 611. The molecule has 2 rings (SSSR count). The molecule has 0 saturated carbocycles. The Morgan fingerprint density at radius 2 is 1.95 bits per heavy atom. The molecule has 0 atom stereocenters. The molecule has 21 heavy (non-hydrogen) atoms. The van der Waals surface area contributed by atoms with Gasteiger partial charge in [0.15, 0.2) is 0 Å². The zero-order valence-corrected chi connectivity index (χ0v) is 13.6. The third-order valence-corrected chi connectivity index (χ3v) is 3.84. The fraction of sp³-hybridized carbons (Fsp3) is 0.353. The van der Waals surface area contributed by atoms with Crippen molar-refractivity contribution in [2.75, 3.05) is 11.9 Å². The molecule has 0 aliphatic carbocycles. The summed E-state index contributed by atoms with van der Waals surface area (Å²) in [6.45, 7) is 5.52. The van der Waals surface area contributed by atoms with Gasteiger partial charge in [0, 0.05) is 30.9 Å². The van der Waals surface area contributed by atoms with E-state index in [0.717, 1.165) is 34.2 Å². The van der Waals surface area contributed by atoms with Gasteiger partial charge in [-0.25, -0.2) is 4.98 Å². The Hall–Kier alpha value is -1.58. The molecule has 0 amide bonds. The fourth-order valence-corrected chi connectivity index (χ4v) is 2.36. The summed E-state index contributed by atoms with van der Waals surface area (Å²) in [5.74, 6) is 1.31. The number of hydrogen-bond donors (Lipinski definition) is 1. The molecule has 2 aromatic rings. The Labute approximate surface area is 131 Å². The predicted molar refractivity (Wildman–Crippen MR) is 89.8 cm³/mol. The standard InChI is InChI=1S/C17H22ClN3/c1-12(2)16-8-13(10-19)9-17(20-16)21(3)11-14-6-4-5-7-15(14)18/h4-9,12H,10-11,19H2,1-3H3. The van der Waals surface area contributed by atoms with Gasteiger partial charge in [-0.1, -0.05) is 43.6 Å². The summed E-state index contributed by atoms with van der Waals surface area (Å²) >= 11 is 6.23. The van der Waals surface area contributed by atoms with Gasteiger partial charge < -0.3 is 10.6 Å². The first-order chi connectivity index (χ1) is 10.0. The highest BCUT2D eigenvalue weighted by Crippen LogP contribution is 2.23. The van der Waals surface area contributed by atoms with Crippen molar-refractivity contribution in [1.82, 2.24) is 4.98 Å². The lowest BCUT2D eigenvalue weighted by atomic mass is 10.1. The second-order valence-corrected chi connectivity index (χ2v) is 5.97. The number of pyridine rings is 1. The molecule has 0 saturated heterocycles. The molecule has 1 heterocycles. The molecule has 112 valence electrons. The summed E-state index contributed by atoms with van der Waals surface area (Å²) in [5, 5.41) is 0.781. The molecule has 0 unspecified atom stereocenters. The van der Waals surface area contributed by atoms with Crippen LogP contribution in [0.25, 0.3) is 0 Å². The number of hydrogen-bond acceptors (Lipinski definition) is 3. The van der Waals surface area contributed by atoms with E-state index in [1.54, 1.807) is 0 Å². The third-order valence-electron chi connectivity index (χ3n) is 3.48. The molecule has 0 bridgehead atoms. The molecule has 0 aliphatic rings. The first-order valence-electron chi connectivity index (χ1n) is 7.16. The first-order valence-corrected chi connectivity index (χ1v) is 7.54. The van der Waals surface area contributed by atoms with E-state index in [0.29, 0.717) is 12.5 Å². The summed E-state index contributed by atoms with van der Waals surface area (Å²) in [6, 6.07) is 12.0. The van der Waals surface area contributed by atoms with Crippen LogP contribution in [0.1, 0.15) is 36.6 Å². The van der Waals surface area contributed by atoms with Crippen LogP contribution < -0.4 is 10.6 Å². The molecule has 0 aliphatic heterocycles. The summed E-state index contributed by atoms with van der Waals surface area (Å²) in [5.41, 5.74) is 9.06. The summed E-state index contributed by atoms with van der Waals surface area (Å²) in [6.07, 6.45) is 0. The smallest absolute Gasteiger partial charge is 0.129 e. The molecular formula is C17H22ClN3. The molecule has 0 fully saturated rings. The zero-order valence-electron chi connectivity index (χ0n) is 12.8. The van der Waals surface area contributed by atoms with E-state index < -0.39 is 0 Å². The maximum Gasteiger partial charge on any atom is 0.129 e. The van der Waals surface area contributed by atoms with E-state index in [9.17, 15) is 0 Å². The number of aromatic nitrogens is 1. The van der Waals surface area contributed by atoms with Gasteiger partial charge in [-0.2, -0.15) is 0 Å². The van der Waals surface area contributed by atoms with Crippen LogP contribution in [0.3, 0.4) is 0 Å². The predicted octanol–water partition coefficient (Wildman–Crippen LogP) is 3.95. The molecule has 1 aromatic heterocycles. The highest BCUT2D eigenvalue weighted by atomic mass is 35.5. The number of rotatable bonds is 5. The molecular weight excluding hydrogens is 282 g/mol. The van der Waals surface area contributed by atoms with Crippen molar-refractivity contribution < 1.29 is 0 Å². The minimum Gasteiger partial charge on any atom is -0.355 e. The van der Waals surface area contributed by atoms with E-state index in [2.05, 4.69) is 24.8 Å². The van der Waals surface area contributed by atoms with Gasteiger partial charge in [-0.3, -0.25) is 0 Å². The van der Waals surface area contributed by atoms with Crippen LogP contribution >= 0.6 is 11.6 Å². The second-order valence-electron chi connectivity index (χ2n) is 5.56. The SMILES string of the molecule is CC(C)c1cc(CN)cc(N(C)Cc2ccccc2Cl)n1. The lowest BCUT2D eigenvalue weighted by Gasteiger charge is -2.21. The lowest BCUT2D eigenvalue weighted by molar-refractivity contribution is 0.800. The average Bonchev–Trinajstić information content (AvgIpc) is 2.49.